The second kappa shape index (κ2) is 6.61. The van der Waals surface area contributed by atoms with Gasteiger partial charge in [0.15, 0.2) is 0 Å². The Morgan fingerprint density at radius 2 is 2.17 bits per heavy atom. The molecule has 1 aliphatic rings. The highest BCUT2D eigenvalue weighted by Gasteiger charge is 2.29. The van der Waals surface area contributed by atoms with Crippen LogP contribution in [0.3, 0.4) is 0 Å². The Hall–Kier alpha value is -3.03. The molecule has 1 fully saturated rings. The van der Waals surface area contributed by atoms with Crippen LogP contribution in [0.25, 0.3) is 0 Å². The Balaban J connectivity index is 1.70. The average Bonchev–Trinajstić information content (AvgIpc) is 3.03. The van der Waals surface area contributed by atoms with Crippen LogP contribution in [0, 0.1) is 15.9 Å². The zero-order chi connectivity index (χ0) is 17.1. The summed E-state index contributed by atoms with van der Waals surface area (Å²) in [6, 6.07) is 8.85. The summed E-state index contributed by atoms with van der Waals surface area (Å²) in [5, 5.41) is 14.0. The second-order valence-electron chi connectivity index (χ2n) is 5.49. The zero-order valence-corrected chi connectivity index (χ0v) is 12.7. The molecule has 0 spiro atoms. The largest absolute Gasteiger partial charge is 0.375 e. The van der Waals surface area contributed by atoms with Crippen molar-refractivity contribution in [2.24, 2.45) is 0 Å². The first-order valence-corrected chi connectivity index (χ1v) is 7.46. The van der Waals surface area contributed by atoms with Gasteiger partial charge in [0.05, 0.1) is 4.92 Å². The lowest BCUT2D eigenvalue weighted by Gasteiger charge is -2.17. The van der Waals surface area contributed by atoms with Crippen LogP contribution in [0.2, 0.25) is 0 Å². The normalized spacial score (nSPS) is 16.9. The van der Waals surface area contributed by atoms with Crippen molar-refractivity contribution in [3.63, 3.8) is 0 Å². The van der Waals surface area contributed by atoms with E-state index in [0.717, 1.165) is 6.07 Å². The molecule has 0 aliphatic carbocycles. The molecule has 1 unspecified atom stereocenters. The molecule has 7 nitrogen and oxygen atoms in total. The number of carbonyl (C=O) groups is 1. The summed E-state index contributed by atoms with van der Waals surface area (Å²) in [5.41, 5.74) is -0.0981. The molecular weight excluding hydrogens is 315 g/mol. The van der Waals surface area contributed by atoms with Gasteiger partial charge in [0.2, 0.25) is 5.82 Å². The summed E-state index contributed by atoms with van der Waals surface area (Å²) in [5.74, 6) is -1.07. The van der Waals surface area contributed by atoms with Gasteiger partial charge in [-0.25, -0.2) is 0 Å². The van der Waals surface area contributed by atoms with Crippen molar-refractivity contribution in [2.75, 3.05) is 18.4 Å². The number of anilines is 1. The van der Waals surface area contributed by atoms with E-state index < -0.39 is 16.4 Å². The minimum atomic E-state index is -0.885. The molecule has 8 heteroatoms. The molecule has 2 heterocycles. The van der Waals surface area contributed by atoms with E-state index in [1.54, 1.807) is 29.3 Å². The first-order valence-electron chi connectivity index (χ1n) is 7.46. The van der Waals surface area contributed by atoms with E-state index >= 15 is 0 Å². The topological polar surface area (TPSA) is 88.4 Å². The first-order chi connectivity index (χ1) is 11.6. The highest BCUT2D eigenvalue weighted by molar-refractivity contribution is 5.92. The summed E-state index contributed by atoms with van der Waals surface area (Å²) in [6.07, 6.45) is 2.17. The van der Waals surface area contributed by atoms with Crippen LogP contribution in [-0.4, -0.2) is 39.8 Å². The Morgan fingerprint density at radius 1 is 1.33 bits per heavy atom. The van der Waals surface area contributed by atoms with Gasteiger partial charge in [-0.15, -0.1) is 0 Å². The fourth-order valence-corrected chi connectivity index (χ4v) is 2.75. The number of likely N-dealkylation sites (tertiary alicyclic amines) is 1. The molecule has 0 bridgehead atoms. The number of nitrogens with one attached hydrogen (secondary N) is 1. The Morgan fingerprint density at radius 3 is 2.88 bits per heavy atom. The number of carbonyl (C=O) groups excluding carboxylic acids is 1. The van der Waals surface area contributed by atoms with E-state index in [-0.39, 0.29) is 17.6 Å². The summed E-state index contributed by atoms with van der Waals surface area (Å²) >= 11 is 0. The molecule has 1 aromatic carbocycles. The molecule has 0 radical (unpaired) electrons. The second-order valence-corrected chi connectivity index (χ2v) is 5.49. The van der Waals surface area contributed by atoms with Crippen molar-refractivity contribution < 1.29 is 14.1 Å². The summed E-state index contributed by atoms with van der Waals surface area (Å²) in [6.45, 7) is 0.888. The molecule has 1 aliphatic heterocycles. The van der Waals surface area contributed by atoms with Crippen molar-refractivity contribution in [1.82, 2.24) is 9.88 Å². The maximum Gasteiger partial charge on any atom is 0.327 e. The van der Waals surface area contributed by atoms with Gasteiger partial charge < -0.3 is 10.2 Å². The average molecular weight is 330 g/mol. The molecule has 3 rings (SSSR count). The van der Waals surface area contributed by atoms with E-state index in [9.17, 15) is 19.3 Å². The number of hydrogen-bond acceptors (Lipinski definition) is 5. The molecule has 1 N–H and O–H groups in total. The van der Waals surface area contributed by atoms with E-state index in [1.165, 1.54) is 12.1 Å². The van der Waals surface area contributed by atoms with Gasteiger partial charge in [0, 0.05) is 25.3 Å². The van der Waals surface area contributed by atoms with Crippen LogP contribution >= 0.6 is 0 Å². The molecule has 1 atom stereocenters. The number of hydrogen-bond donors (Lipinski definition) is 1. The van der Waals surface area contributed by atoms with Crippen LogP contribution in [-0.2, 0) is 0 Å². The predicted octanol–water partition coefficient (Wildman–Crippen LogP) is 2.46. The maximum atomic E-state index is 13.6. The van der Waals surface area contributed by atoms with Gasteiger partial charge in [-0.2, -0.15) is 4.39 Å². The Labute approximate surface area is 137 Å². The van der Waals surface area contributed by atoms with Gasteiger partial charge in [0.25, 0.3) is 5.91 Å². The standard InChI is InChI=1S/C16H15FN4O3/c17-12-4-3-6-13(15(12)21(23)24)19-11-7-9-20(10-11)16(22)14-5-1-2-8-18-14/h1-6,8,11,19H,7,9-10H2. The Bertz CT molecular complexity index is 769. The molecular formula is C16H15FN4O3. The van der Waals surface area contributed by atoms with Crippen LogP contribution in [0.4, 0.5) is 15.8 Å². The van der Waals surface area contributed by atoms with Crippen LogP contribution in [0.5, 0.6) is 0 Å². The summed E-state index contributed by atoms with van der Waals surface area (Å²) in [4.78, 5) is 28.3. The molecule has 1 aromatic heterocycles. The number of rotatable bonds is 4. The van der Waals surface area contributed by atoms with Crippen LogP contribution < -0.4 is 5.32 Å². The third-order valence-electron chi connectivity index (χ3n) is 3.89. The lowest BCUT2D eigenvalue weighted by molar-refractivity contribution is -0.386. The SMILES string of the molecule is O=C(c1ccccn1)N1CCC(Nc2cccc(F)c2[N+](=O)[O-])C1. The number of para-hydroxylation sites is 1. The van der Waals surface area contributed by atoms with Gasteiger partial charge in [-0.3, -0.25) is 19.9 Å². The number of nitro benzene ring substituents is 1. The van der Waals surface area contributed by atoms with Crippen molar-refractivity contribution in [3.8, 4) is 0 Å². The van der Waals surface area contributed by atoms with Crippen LogP contribution in [0.1, 0.15) is 16.9 Å². The van der Waals surface area contributed by atoms with E-state index in [2.05, 4.69) is 10.3 Å². The van der Waals surface area contributed by atoms with E-state index in [4.69, 9.17) is 0 Å². The summed E-state index contributed by atoms with van der Waals surface area (Å²) in [7, 11) is 0. The molecule has 124 valence electrons. The number of pyridine rings is 1. The third kappa shape index (κ3) is 3.17. The fraction of sp³-hybridized carbons (Fsp3) is 0.250. The van der Waals surface area contributed by atoms with Crippen LogP contribution in [0.15, 0.2) is 42.6 Å². The quantitative estimate of drug-likeness (QED) is 0.687. The van der Waals surface area contributed by atoms with Crippen molar-refractivity contribution in [2.45, 2.75) is 12.5 Å². The number of halogens is 1. The van der Waals surface area contributed by atoms with Gasteiger partial charge in [-0.05, 0) is 30.7 Å². The highest BCUT2D eigenvalue weighted by atomic mass is 19.1. The molecule has 1 amide bonds. The van der Waals surface area contributed by atoms with Gasteiger partial charge in [-0.1, -0.05) is 12.1 Å². The lowest BCUT2D eigenvalue weighted by atomic mass is 10.2. The fourth-order valence-electron chi connectivity index (χ4n) is 2.75. The molecule has 24 heavy (non-hydrogen) atoms. The lowest BCUT2D eigenvalue weighted by Crippen LogP contribution is -2.32. The number of amides is 1. The predicted molar refractivity (Wildman–Crippen MR) is 85.2 cm³/mol. The van der Waals surface area contributed by atoms with Crippen molar-refractivity contribution in [3.05, 3.63) is 64.2 Å². The van der Waals surface area contributed by atoms with Gasteiger partial charge >= 0.3 is 5.69 Å². The zero-order valence-electron chi connectivity index (χ0n) is 12.7. The maximum absolute atomic E-state index is 13.6. The number of aromatic nitrogens is 1. The number of nitrogens with zero attached hydrogens (tertiary/aromatic N) is 3. The smallest absolute Gasteiger partial charge is 0.327 e. The highest BCUT2D eigenvalue weighted by Crippen LogP contribution is 2.29. The molecule has 0 saturated carbocycles. The third-order valence-corrected chi connectivity index (χ3v) is 3.89. The molecule has 2 aromatic rings. The monoisotopic (exact) mass is 330 g/mol. The van der Waals surface area contributed by atoms with Crippen molar-refractivity contribution >= 4 is 17.3 Å². The summed E-state index contributed by atoms with van der Waals surface area (Å²) < 4.78 is 13.6. The van der Waals surface area contributed by atoms with Gasteiger partial charge in [0.1, 0.15) is 11.4 Å². The minimum Gasteiger partial charge on any atom is -0.375 e. The van der Waals surface area contributed by atoms with Crippen molar-refractivity contribution in [1.29, 1.82) is 0 Å². The number of nitro groups is 1. The minimum absolute atomic E-state index is 0.122. The first kappa shape index (κ1) is 15.9. The Kier molecular flexibility index (Phi) is 4.37. The van der Waals surface area contributed by atoms with E-state index in [0.29, 0.717) is 25.2 Å². The molecule has 1 saturated heterocycles. The van der Waals surface area contributed by atoms with E-state index in [1.807, 2.05) is 0 Å². The number of benzene rings is 1.